The first kappa shape index (κ1) is 20.5. The van der Waals surface area contributed by atoms with Gasteiger partial charge in [0, 0.05) is 25.0 Å². The van der Waals surface area contributed by atoms with E-state index in [4.69, 9.17) is 9.72 Å². The highest BCUT2D eigenvalue weighted by molar-refractivity contribution is 5.81. The average molecular weight is 406 g/mol. The second kappa shape index (κ2) is 8.50. The molecule has 1 aliphatic rings. The predicted octanol–water partition coefficient (Wildman–Crippen LogP) is 4.90. The van der Waals surface area contributed by atoms with E-state index >= 15 is 0 Å². The van der Waals surface area contributed by atoms with E-state index in [0.29, 0.717) is 12.5 Å². The molecule has 5 heteroatoms. The molecule has 5 nitrogen and oxygen atoms in total. The van der Waals surface area contributed by atoms with Gasteiger partial charge in [-0.2, -0.15) is 0 Å². The summed E-state index contributed by atoms with van der Waals surface area (Å²) >= 11 is 0. The SMILES string of the molecule is CC(C)(C)C(=O)N1CCC(Cn2c(COc3ccccc3)nc3ccccc32)CC1. The molecule has 0 unspecified atom stereocenters. The zero-order valence-electron chi connectivity index (χ0n) is 18.2. The Morgan fingerprint density at radius 2 is 1.70 bits per heavy atom. The molecule has 158 valence electrons. The maximum absolute atomic E-state index is 12.6. The highest BCUT2D eigenvalue weighted by Gasteiger charge is 2.30. The lowest BCUT2D eigenvalue weighted by molar-refractivity contribution is -0.140. The van der Waals surface area contributed by atoms with Gasteiger partial charge in [0.1, 0.15) is 18.2 Å². The number of hydrogen-bond acceptors (Lipinski definition) is 3. The monoisotopic (exact) mass is 405 g/mol. The van der Waals surface area contributed by atoms with Crippen molar-refractivity contribution >= 4 is 16.9 Å². The van der Waals surface area contributed by atoms with Gasteiger partial charge in [0.2, 0.25) is 5.91 Å². The second-order valence-corrected chi connectivity index (χ2v) is 9.21. The van der Waals surface area contributed by atoms with E-state index in [1.807, 2.05) is 62.1 Å². The number of nitrogens with zero attached hydrogens (tertiary/aromatic N) is 3. The third-order valence-corrected chi connectivity index (χ3v) is 5.83. The molecule has 1 fully saturated rings. The number of rotatable bonds is 5. The van der Waals surface area contributed by atoms with Gasteiger partial charge in [-0.3, -0.25) is 4.79 Å². The minimum Gasteiger partial charge on any atom is -0.486 e. The van der Waals surface area contributed by atoms with Crippen molar-refractivity contribution in [2.75, 3.05) is 13.1 Å². The smallest absolute Gasteiger partial charge is 0.227 e. The van der Waals surface area contributed by atoms with Crippen LogP contribution in [-0.4, -0.2) is 33.4 Å². The Morgan fingerprint density at radius 1 is 1.03 bits per heavy atom. The average Bonchev–Trinajstić information content (AvgIpc) is 3.10. The van der Waals surface area contributed by atoms with Crippen molar-refractivity contribution in [3.05, 3.63) is 60.4 Å². The molecule has 0 radical (unpaired) electrons. The Balaban J connectivity index is 1.48. The molecule has 0 atom stereocenters. The molecule has 2 heterocycles. The second-order valence-electron chi connectivity index (χ2n) is 9.21. The number of carbonyl (C=O) groups excluding carboxylic acids is 1. The van der Waals surface area contributed by atoms with Gasteiger partial charge in [0.15, 0.2) is 0 Å². The number of imidazole rings is 1. The summed E-state index contributed by atoms with van der Waals surface area (Å²) in [5, 5.41) is 0. The number of benzene rings is 2. The summed E-state index contributed by atoms with van der Waals surface area (Å²) in [6, 6.07) is 18.2. The van der Waals surface area contributed by atoms with E-state index in [1.165, 1.54) is 0 Å². The molecule has 0 bridgehead atoms. The fourth-order valence-electron chi connectivity index (χ4n) is 4.16. The molecule has 30 heavy (non-hydrogen) atoms. The quantitative estimate of drug-likeness (QED) is 0.607. The standard InChI is InChI=1S/C25H31N3O2/c1-25(2,3)24(29)27-15-13-19(14-16-27)17-28-22-12-8-7-11-21(22)26-23(28)18-30-20-9-5-4-6-10-20/h4-12,19H,13-18H2,1-3H3. The van der Waals surface area contributed by atoms with Crippen molar-refractivity contribution in [2.45, 2.75) is 46.8 Å². The molecule has 3 aromatic rings. The van der Waals surface area contributed by atoms with Crippen LogP contribution in [0.15, 0.2) is 54.6 Å². The van der Waals surface area contributed by atoms with Crippen molar-refractivity contribution in [1.29, 1.82) is 0 Å². The first-order chi connectivity index (χ1) is 14.4. The van der Waals surface area contributed by atoms with Crippen molar-refractivity contribution in [3.8, 4) is 5.75 Å². The summed E-state index contributed by atoms with van der Waals surface area (Å²) in [5.41, 5.74) is 1.84. The van der Waals surface area contributed by atoms with Crippen molar-refractivity contribution in [2.24, 2.45) is 11.3 Å². The zero-order valence-corrected chi connectivity index (χ0v) is 18.2. The van der Waals surface area contributed by atoms with Crippen molar-refractivity contribution in [3.63, 3.8) is 0 Å². The molecule has 2 aromatic carbocycles. The van der Waals surface area contributed by atoms with E-state index < -0.39 is 0 Å². The molecule has 1 amide bonds. The number of para-hydroxylation sites is 3. The number of aromatic nitrogens is 2. The Labute approximate surface area is 178 Å². The van der Waals surface area contributed by atoms with Crippen LogP contribution < -0.4 is 4.74 Å². The third kappa shape index (κ3) is 4.50. The van der Waals surface area contributed by atoms with Gasteiger partial charge in [-0.1, -0.05) is 51.1 Å². The molecule has 0 N–H and O–H groups in total. The summed E-state index contributed by atoms with van der Waals surface area (Å²) in [6.07, 6.45) is 2.04. The van der Waals surface area contributed by atoms with Crippen LogP contribution in [0.4, 0.5) is 0 Å². The summed E-state index contributed by atoms with van der Waals surface area (Å²) in [5.74, 6) is 2.59. The molecule has 4 rings (SSSR count). The van der Waals surface area contributed by atoms with Crippen molar-refractivity contribution < 1.29 is 9.53 Å². The van der Waals surface area contributed by atoms with Crippen LogP contribution in [0.5, 0.6) is 5.75 Å². The van der Waals surface area contributed by atoms with E-state index in [0.717, 1.165) is 55.1 Å². The topological polar surface area (TPSA) is 47.4 Å². The Hall–Kier alpha value is -2.82. The van der Waals surface area contributed by atoms with E-state index in [1.54, 1.807) is 0 Å². The molecule has 1 aromatic heterocycles. The minimum absolute atomic E-state index is 0.256. The number of hydrogen-bond donors (Lipinski definition) is 0. The highest BCUT2D eigenvalue weighted by Crippen LogP contribution is 2.27. The number of likely N-dealkylation sites (tertiary alicyclic amines) is 1. The van der Waals surface area contributed by atoms with Gasteiger partial charge in [-0.05, 0) is 43.0 Å². The van der Waals surface area contributed by atoms with Crippen LogP contribution in [0.25, 0.3) is 11.0 Å². The van der Waals surface area contributed by atoms with E-state index in [2.05, 4.69) is 22.8 Å². The Bertz CT molecular complexity index is 996. The number of ether oxygens (including phenoxy) is 1. The third-order valence-electron chi connectivity index (χ3n) is 5.83. The molecular weight excluding hydrogens is 374 g/mol. The number of piperidine rings is 1. The van der Waals surface area contributed by atoms with Crippen LogP contribution in [-0.2, 0) is 17.9 Å². The lowest BCUT2D eigenvalue weighted by Gasteiger charge is -2.36. The van der Waals surface area contributed by atoms with Gasteiger partial charge in [0.25, 0.3) is 0 Å². The normalized spacial score (nSPS) is 15.5. The fraction of sp³-hybridized carbons (Fsp3) is 0.440. The molecule has 0 aliphatic carbocycles. The van der Waals surface area contributed by atoms with Crippen LogP contribution >= 0.6 is 0 Å². The molecule has 1 aliphatic heterocycles. The highest BCUT2D eigenvalue weighted by atomic mass is 16.5. The van der Waals surface area contributed by atoms with Crippen LogP contribution in [0.2, 0.25) is 0 Å². The zero-order chi connectivity index (χ0) is 21.1. The van der Waals surface area contributed by atoms with Gasteiger partial charge in [-0.25, -0.2) is 4.98 Å². The molecule has 0 saturated carbocycles. The minimum atomic E-state index is -0.310. The Morgan fingerprint density at radius 3 is 2.40 bits per heavy atom. The lowest BCUT2D eigenvalue weighted by atomic mass is 9.91. The van der Waals surface area contributed by atoms with E-state index in [-0.39, 0.29) is 11.3 Å². The summed E-state index contributed by atoms with van der Waals surface area (Å²) in [6.45, 7) is 9.02. The summed E-state index contributed by atoms with van der Waals surface area (Å²) in [4.78, 5) is 19.5. The van der Waals surface area contributed by atoms with Crippen LogP contribution in [0.1, 0.15) is 39.4 Å². The predicted molar refractivity (Wildman–Crippen MR) is 119 cm³/mol. The van der Waals surface area contributed by atoms with Crippen LogP contribution in [0, 0.1) is 11.3 Å². The number of fused-ring (bicyclic) bond motifs is 1. The van der Waals surface area contributed by atoms with Crippen molar-refractivity contribution in [1.82, 2.24) is 14.5 Å². The first-order valence-corrected chi connectivity index (χ1v) is 10.8. The van der Waals surface area contributed by atoms with Gasteiger partial charge >= 0.3 is 0 Å². The van der Waals surface area contributed by atoms with Crippen LogP contribution in [0.3, 0.4) is 0 Å². The maximum Gasteiger partial charge on any atom is 0.227 e. The number of carbonyl (C=O) groups is 1. The Kier molecular flexibility index (Phi) is 5.80. The lowest BCUT2D eigenvalue weighted by Crippen LogP contribution is -2.44. The largest absolute Gasteiger partial charge is 0.486 e. The summed E-state index contributed by atoms with van der Waals surface area (Å²) < 4.78 is 8.31. The van der Waals surface area contributed by atoms with Gasteiger partial charge in [0.05, 0.1) is 11.0 Å². The summed E-state index contributed by atoms with van der Waals surface area (Å²) in [7, 11) is 0. The fourth-order valence-corrected chi connectivity index (χ4v) is 4.16. The number of amides is 1. The molecule has 1 saturated heterocycles. The first-order valence-electron chi connectivity index (χ1n) is 10.8. The van der Waals surface area contributed by atoms with E-state index in [9.17, 15) is 4.79 Å². The maximum atomic E-state index is 12.6. The molecular formula is C25H31N3O2. The van der Waals surface area contributed by atoms with Gasteiger partial charge in [-0.15, -0.1) is 0 Å². The molecule has 0 spiro atoms. The van der Waals surface area contributed by atoms with Gasteiger partial charge < -0.3 is 14.2 Å².